The van der Waals surface area contributed by atoms with E-state index in [1.165, 1.54) is 7.11 Å². The van der Waals surface area contributed by atoms with Crippen LogP contribution in [0.5, 0.6) is 5.75 Å². The Balaban J connectivity index is 1.79. The van der Waals surface area contributed by atoms with Crippen LogP contribution in [-0.4, -0.2) is 23.2 Å². The average molecular weight is 374 g/mol. The molecule has 0 aliphatic rings. The van der Waals surface area contributed by atoms with Crippen LogP contribution in [0.15, 0.2) is 57.4 Å². The van der Waals surface area contributed by atoms with Crippen LogP contribution in [0.3, 0.4) is 0 Å². The molecule has 0 aliphatic carbocycles. The fourth-order valence-electron chi connectivity index (χ4n) is 1.98. The Bertz CT molecular complexity index is 831. The molecule has 1 N–H and O–H groups in total. The van der Waals surface area contributed by atoms with E-state index in [1.807, 2.05) is 24.3 Å². The molecule has 0 bridgehead atoms. The lowest BCUT2D eigenvalue weighted by Gasteiger charge is -2.06. The molecule has 0 aliphatic heterocycles. The van der Waals surface area contributed by atoms with Gasteiger partial charge in [-0.05, 0) is 36.4 Å². The molecule has 1 heterocycles. The van der Waals surface area contributed by atoms with Crippen molar-refractivity contribution in [1.29, 1.82) is 0 Å². The van der Waals surface area contributed by atoms with E-state index in [0.29, 0.717) is 17.2 Å². The first-order valence-corrected chi connectivity index (χ1v) is 7.50. The normalized spacial score (nSPS) is 10.3. The van der Waals surface area contributed by atoms with E-state index in [1.54, 1.807) is 24.3 Å². The summed E-state index contributed by atoms with van der Waals surface area (Å²) >= 11 is 3.36. The van der Waals surface area contributed by atoms with Crippen molar-refractivity contribution in [2.45, 2.75) is 0 Å². The number of benzene rings is 2. The fourth-order valence-corrected chi connectivity index (χ4v) is 2.24. The topological polar surface area (TPSA) is 77.2 Å². The minimum absolute atomic E-state index is 0.0267. The van der Waals surface area contributed by atoms with Crippen molar-refractivity contribution in [3.05, 3.63) is 58.6 Å². The second-order valence-corrected chi connectivity index (χ2v) is 5.49. The van der Waals surface area contributed by atoms with Crippen molar-refractivity contribution in [2.75, 3.05) is 12.4 Å². The van der Waals surface area contributed by atoms with E-state index in [2.05, 4.69) is 31.4 Å². The second kappa shape index (κ2) is 6.62. The van der Waals surface area contributed by atoms with Crippen LogP contribution in [0.2, 0.25) is 0 Å². The zero-order valence-corrected chi connectivity index (χ0v) is 13.7. The molecule has 0 radical (unpaired) electrons. The summed E-state index contributed by atoms with van der Waals surface area (Å²) in [7, 11) is 1.50. The summed E-state index contributed by atoms with van der Waals surface area (Å²) in [5.74, 6) is 0.416. The van der Waals surface area contributed by atoms with Crippen LogP contribution < -0.4 is 10.1 Å². The number of nitrogens with zero attached hydrogens (tertiary/aromatic N) is 2. The van der Waals surface area contributed by atoms with Crippen molar-refractivity contribution >= 4 is 27.9 Å². The van der Waals surface area contributed by atoms with Crippen molar-refractivity contribution in [1.82, 2.24) is 10.2 Å². The van der Waals surface area contributed by atoms with Gasteiger partial charge in [-0.3, -0.25) is 10.1 Å². The molecule has 3 aromatic rings. The number of nitrogens with one attached hydrogen (secondary N) is 1. The minimum atomic E-state index is -0.381. The first-order chi connectivity index (χ1) is 11.2. The van der Waals surface area contributed by atoms with Crippen LogP contribution in [0, 0.1) is 0 Å². The highest BCUT2D eigenvalue weighted by molar-refractivity contribution is 9.10. The molecule has 23 heavy (non-hydrogen) atoms. The number of carbonyl (C=O) groups is 1. The lowest BCUT2D eigenvalue weighted by Crippen LogP contribution is -2.13. The van der Waals surface area contributed by atoms with Gasteiger partial charge in [-0.25, -0.2) is 0 Å². The molecule has 0 atom stereocenters. The maximum Gasteiger partial charge on any atom is 0.322 e. The minimum Gasteiger partial charge on any atom is -0.496 e. The van der Waals surface area contributed by atoms with Gasteiger partial charge in [0.25, 0.3) is 5.91 Å². The van der Waals surface area contributed by atoms with Crippen molar-refractivity contribution in [3.63, 3.8) is 0 Å². The smallest absolute Gasteiger partial charge is 0.322 e. The van der Waals surface area contributed by atoms with E-state index in [4.69, 9.17) is 9.15 Å². The molecule has 2 aromatic carbocycles. The molecular formula is C16H12BrN3O3. The molecule has 0 fully saturated rings. The average Bonchev–Trinajstić information content (AvgIpc) is 3.04. The number of aromatic nitrogens is 2. The number of halogens is 1. The molecule has 3 rings (SSSR count). The van der Waals surface area contributed by atoms with Crippen LogP contribution in [-0.2, 0) is 0 Å². The molecule has 1 aromatic heterocycles. The Morgan fingerprint density at radius 1 is 1.13 bits per heavy atom. The Hall–Kier alpha value is -2.67. The molecule has 0 spiro atoms. The SMILES string of the molecule is COc1ccccc1C(=O)Nc1nnc(-c2ccc(Br)cc2)o1. The van der Waals surface area contributed by atoms with Gasteiger partial charge in [0.05, 0.1) is 12.7 Å². The van der Waals surface area contributed by atoms with Crippen molar-refractivity contribution in [2.24, 2.45) is 0 Å². The molecule has 116 valence electrons. The monoisotopic (exact) mass is 373 g/mol. The quantitative estimate of drug-likeness (QED) is 0.753. The third-order valence-corrected chi connectivity index (χ3v) is 3.62. The number of methoxy groups -OCH3 is 1. The summed E-state index contributed by atoms with van der Waals surface area (Å²) in [6.45, 7) is 0. The summed E-state index contributed by atoms with van der Waals surface area (Å²) < 4.78 is 11.6. The van der Waals surface area contributed by atoms with Crippen LogP contribution in [0.25, 0.3) is 11.5 Å². The van der Waals surface area contributed by atoms with E-state index in [0.717, 1.165) is 10.0 Å². The number of para-hydroxylation sites is 1. The van der Waals surface area contributed by atoms with Gasteiger partial charge in [-0.2, -0.15) is 0 Å². The van der Waals surface area contributed by atoms with Crippen LogP contribution in [0.1, 0.15) is 10.4 Å². The van der Waals surface area contributed by atoms with E-state index < -0.39 is 0 Å². The number of anilines is 1. The van der Waals surface area contributed by atoms with Gasteiger partial charge in [0, 0.05) is 10.0 Å². The number of carbonyl (C=O) groups excluding carboxylic acids is 1. The third kappa shape index (κ3) is 3.40. The highest BCUT2D eigenvalue weighted by atomic mass is 79.9. The predicted molar refractivity (Wildman–Crippen MR) is 88.4 cm³/mol. The maximum absolute atomic E-state index is 12.3. The fraction of sp³-hybridized carbons (Fsp3) is 0.0625. The molecule has 0 saturated heterocycles. The van der Waals surface area contributed by atoms with Gasteiger partial charge in [-0.1, -0.05) is 33.2 Å². The molecular weight excluding hydrogens is 362 g/mol. The van der Waals surface area contributed by atoms with Gasteiger partial charge in [0.1, 0.15) is 5.75 Å². The predicted octanol–water partition coefficient (Wildman–Crippen LogP) is 3.76. The standard InChI is InChI=1S/C16H12BrN3O3/c1-22-13-5-3-2-4-12(13)14(21)18-16-20-19-15(23-16)10-6-8-11(17)9-7-10/h2-9H,1H3,(H,18,20,21). The zero-order chi connectivity index (χ0) is 16.2. The van der Waals surface area contributed by atoms with E-state index >= 15 is 0 Å². The highest BCUT2D eigenvalue weighted by Crippen LogP contribution is 2.23. The molecule has 0 unspecified atom stereocenters. The molecule has 1 amide bonds. The Labute approximate surface area is 140 Å². The summed E-state index contributed by atoms with van der Waals surface area (Å²) in [5, 5.41) is 10.3. The summed E-state index contributed by atoms with van der Waals surface area (Å²) in [4.78, 5) is 12.3. The first-order valence-electron chi connectivity index (χ1n) is 6.71. The van der Waals surface area contributed by atoms with Crippen LogP contribution >= 0.6 is 15.9 Å². The second-order valence-electron chi connectivity index (χ2n) is 4.57. The Morgan fingerprint density at radius 3 is 2.61 bits per heavy atom. The number of amides is 1. The Kier molecular flexibility index (Phi) is 4.38. The molecule has 6 nitrogen and oxygen atoms in total. The number of hydrogen-bond donors (Lipinski definition) is 1. The third-order valence-electron chi connectivity index (χ3n) is 3.09. The molecule has 0 saturated carbocycles. The maximum atomic E-state index is 12.3. The van der Waals surface area contributed by atoms with Crippen molar-refractivity contribution in [3.8, 4) is 17.2 Å². The van der Waals surface area contributed by atoms with Gasteiger partial charge in [0.2, 0.25) is 5.89 Å². The number of hydrogen-bond acceptors (Lipinski definition) is 5. The highest BCUT2D eigenvalue weighted by Gasteiger charge is 2.15. The van der Waals surface area contributed by atoms with E-state index in [-0.39, 0.29) is 11.9 Å². The Morgan fingerprint density at radius 2 is 1.87 bits per heavy atom. The zero-order valence-electron chi connectivity index (χ0n) is 12.1. The summed E-state index contributed by atoms with van der Waals surface area (Å²) in [6, 6.07) is 14.3. The summed E-state index contributed by atoms with van der Waals surface area (Å²) in [5.41, 5.74) is 1.15. The molecule has 7 heteroatoms. The van der Waals surface area contributed by atoms with Gasteiger partial charge < -0.3 is 9.15 Å². The lowest BCUT2D eigenvalue weighted by atomic mass is 10.2. The first kappa shape index (κ1) is 15.2. The van der Waals surface area contributed by atoms with Gasteiger partial charge in [0.15, 0.2) is 0 Å². The van der Waals surface area contributed by atoms with E-state index in [9.17, 15) is 4.79 Å². The van der Waals surface area contributed by atoms with Gasteiger partial charge in [-0.15, -0.1) is 5.10 Å². The largest absolute Gasteiger partial charge is 0.496 e. The lowest BCUT2D eigenvalue weighted by molar-refractivity contribution is 0.102. The summed E-state index contributed by atoms with van der Waals surface area (Å²) in [6.07, 6.45) is 0. The number of ether oxygens (including phenoxy) is 1. The van der Waals surface area contributed by atoms with Crippen molar-refractivity contribution < 1.29 is 13.9 Å². The van der Waals surface area contributed by atoms with Gasteiger partial charge >= 0.3 is 6.01 Å². The van der Waals surface area contributed by atoms with Crippen LogP contribution in [0.4, 0.5) is 6.01 Å². The number of rotatable bonds is 4.